The summed E-state index contributed by atoms with van der Waals surface area (Å²) in [5, 5.41) is 8.43. The number of aryl methyl sites for hydroxylation is 1. The molecule has 3 nitrogen and oxygen atoms in total. The summed E-state index contributed by atoms with van der Waals surface area (Å²) in [5.74, 6) is 0.637. The van der Waals surface area contributed by atoms with Crippen LogP contribution in [0.4, 0.5) is 0 Å². The standard InChI is InChI=1S/C12H22ClN3/c1-5-6-16-12(10(13)8-15-16)11(14-4)7-9(2)3/h8-9,11,14H,5-7H2,1-4H3. The van der Waals surface area contributed by atoms with E-state index in [-0.39, 0.29) is 0 Å². The molecule has 0 aliphatic carbocycles. The molecular weight excluding hydrogens is 222 g/mol. The van der Waals surface area contributed by atoms with Gasteiger partial charge in [-0.3, -0.25) is 4.68 Å². The van der Waals surface area contributed by atoms with Gasteiger partial charge in [0.1, 0.15) is 0 Å². The fourth-order valence-electron chi connectivity index (χ4n) is 1.95. The predicted molar refractivity (Wildman–Crippen MR) is 68.8 cm³/mol. The molecule has 0 saturated heterocycles. The lowest BCUT2D eigenvalue weighted by atomic mass is 10.0. The Bertz CT molecular complexity index is 320. The van der Waals surface area contributed by atoms with E-state index >= 15 is 0 Å². The predicted octanol–water partition coefficient (Wildman–Crippen LogP) is 3.25. The first-order valence-electron chi connectivity index (χ1n) is 5.98. The second-order valence-electron chi connectivity index (χ2n) is 4.57. The molecule has 1 atom stereocenters. The minimum Gasteiger partial charge on any atom is -0.312 e. The Morgan fingerprint density at radius 3 is 2.69 bits per heavy atom. The van der Waals surface area contributed by atoms with Crippen molar-refractivity contribution in [3.05, 3.63) is 16.9 Å². The minimum atomic E-state index is 0.293. The third-order valence-electron chi connectivity index (χ3n) is 2.65. The molecule has 0 aliphatic rings. The molecule has 0 aliphatic heterocycles. The van der Waals surface area contributed by atoms with Crippen molar-refractivity contribution in [1.29, 1.82) is 0 Å². The van der Waals surface area contributed by atoms with E-state index in [0.717, 1.165) is 30.1 Å². The molecule has 1 aromatic heterocycles. The van der Waals surface area contributed by atoms with Crippen LogP contribution in [-0.2, 0) is 6.54 Å². The quantitative estimate of drug-likeness (QED) is 0.831. The fraction of sp³-hybridized carbons (Fsp3) is 0.750. The lowest BCUT2D eigenvalue weighted by Gasteiger charge is -2.20. The van der Waals surface area contributed by atoms with E-state index in [9.17, 15) is 0 Å². The summed E-state index contributed by atoms with van der Waals surface area (Å²) in [7, 11) is 1.98. The SMILES string of the molecule is CCCn1ncc(Cl)c1C(CC(C)C)NC. The molecule has 92 valence electrons. The number of hydrogen-bond donors (Lipinski definition) is 1. The van der Waals surface area contributed by atoms with Crippen molar-refractivity contribution in [2.24, 2.45) is 5.92 Å². The summed E-state index contributed by atoms with van der Waals surface area (Å²) in [6.45, 7) is 7.52. The van der Waals surface area contributed by atoms with Gasteiger partial charge in [-0.25, -0.2) is 0 Å². The van der Waals surface area contributed by atoms with Crippen LogP contribution in [0.25, 0.3) is 0 Å². The first-order valence-corrected chi connectivity index (χ1v) is 6.36. The Kier molecular flexibility index (Phi) is 5.29. The van der Waals surface area contributed by atoms with Gasteiger partial charge in [0.2, 0.25) is 0 Å². The maximum absolute atomic E-state index is 6.21. The summed E-state index contributed by atoms with van der Waals surface area (Å²) in [5.41, 5.74) is 1.12. The van der Waals surface area contributed by atoms with Gasteiger partial charge >= 0.3 is 0 Å². The van der Waals surface area contributed by atoms with Crippen molar-refractivity contribution in [3.8, 4) is 0 Å². The fourth-order valence-corrected chi connectivity index (χ4v) is 2.22. The molecule has 0 fully saturated rings. The van der Waals surface area contributed by atoms with Crippen LogP contribution in [0.2, 0.25) is 5.02 Å². The molecule has 0 spiro atoms. The van der Waals surface area contributed by atoms with E-state index in [1.54, 1.807) is 6.20 Å². The summed E-state index contributed by atoms with van der Waals surface area (Å²) in [6.07, 6.45) is 3.89. The lowest BCUT2D eigenvalue weighted by molar-refractivity contribution is 0.422. The Hall–Kier alpha value is -0.540. The first kappa shape index (κ1) is 13.5. The van der Waals surface area contributed by atoms with E-state index in [1.807, 2.05) is 11.7 Å². The molecule has 1 N–H and O–H groups in total. The van der Waals surface area contributed by atoms with E-state index in [2.05, 4.69) is 31.2 Å². The zero-order chi connectivity index (χ0) is 12.1. The summed E-state index contributed by atoms with van der Waals surface area (Å²) in [6, 6.07) is 0.293. The van der Waals surface area contributed by atoms with Crippen LogP contribution in [0, 0.1) is 5.92 Å². The normalized spacial score (nSPS) is 13.4. The van der Waals surface area contributed by atoms with Crippen LogP contribution in [-0.4, -0.2) is 16.8 Å². The van der Waals surface area contributed by atoms with Crippen molar-refractivity contribution in [2.45, 2.75) is 46.2 Å². The maximum atomic E-state index is 6.21. The van der Waals surface area contributed by atoms with Crippen LogP contribution < -0.4 is 5.32 Å². The zero-order valence-electron chi connectivity index (χ0n) is 10.6. The molecule has 0 radical (unpaired) electrons. The second-order valence-corrected chi connectivity index (χ2v) is 4.98. The average molecular weight is 244 g/mol. The zero-order valence-corrected chi connectivity index (χ0v) is 11.4. The highest BCUT2D eigenvalue weighted by Gasteiger charge is 2.19. The largest absolute Gasteiger partial charge is 0.312 e. The Labute approximate surface area is 103 Å². The number of nitrogens with one attached hydrogen (secondary N) is 1. The van der Waals surface area contributed by atoms with E-state index in [4.69, 9.17) is 11.6 Å². The van der Waals surface area contributed by atoms with Crippen molar-refractivity contribution < 1.29 is 0 Å². The minimum absolute atomic E-state index is 0.293. The number of halogens is 1. The molecule has 0 amide bonds. The van der Waals surface area contributed by atoms with Crippen molar-refractivity contribution in [2.75, 3.05) is 7.05 Å². The highest BCUT2D eigenvalue weighted by Crippen LogP contribution is 2.27. The van der Waals surface area contributed by atoms with Crippen LogP contribution in [0.3, 0.4) is 0 Å². The van der Waals surface area contributed by atoms with E-state index in [1.165, 1.54) is 0 Å². The van der Waals surface area contributed by atoms with Gasteiger partial charge in [-0.15, -0.1) is 0 Å². The van der Waals surface area contributed by atoms with Gasteiger partial charge in [-0.2, -0.15) is 5.10 Å². The van der Waals surface area contributed by atoms with Crippen LogP contribution in [0.1, 0.15) is 45.3 Å². The Morgan fingerprint density at radius 2 is 2.19 bits per heavy atom. The molecule has 0 saturated carbocycles. The van der Waals surface area contributed by atoms with Crippen molar-refractivity contribution in [3.63, 3.8) is 0 Å². The number of hydrogen-bond acceptors (Lipinski definition) is 2. The molecular formula is C12H22ClN3. The summed E-state index contributed by atoms with van der Waals surface area (Å²) >= 11 is 6.21. The molecule has 0 bridgehead atoms. The van der Waals surface area contributed by atoms with Crippen molar-refractivity contribution in [1.82, 2.24) is 15.1 Å². The van der Waals surface area contributed by atoms with E-state index in [0.29, 0.717) is 12.0 Å². The molecule has 1 rings (SSSR count). The third kappa shape index (κ3) is 3.22. The monoisotopic (exact) mass is 243 g/mol. The van der Waals surface area contributed by atoms with Gasteiger partial charge in [0.25, 0.3) is 0 Å². The molecule has 0 aromatic carbocycles. The van der Waals surface area contributed by atoms with E-state index < -0.39 is 0 Å². The smallest absolute Gasteiger partial charge is 0.0834 e. The first-order chi connectivity index (χ1) is 7.60. The third-order valence-corrected chi connectivity index (χ3v) is 2.95. The number of nitrogens with zero attached hydrogens (tertiary/aromatic N) is 2. The van der Waals surface area contributed by atoms with Crippen LogP contribution in [0.5, 0.6) is 0 Å². The summed E-state index contributed by atoms with van der Waals surface area (Å²) in [4.78, 5) is 0. The molecule has 1 aromatic rings. The number of aromatic nitrogens is 2. The summed E-state index contributed by atoms with van der Waals surface area (Å²) < 4.78 is 2.02. The molecule has 1 unspecified atom stereocenters. The molecule has 4 heteroatoms. The Morgan fingerprint density at radius 1 is 1.50 bits per heavy atom. The van der Waals surface area contributed by atoms with Gasteiger partial charge < -0.3 is 5.32 Å². The van der Waals surface area contributed by atoms with Gasteiger partial charge in [-0.05, 0) is 25.8 Å². The Balaban J connectivity index is 2.93. The average Bonchev–Trinajstić information content (AvgIpc) is 2.57. The maximum Gasteiger partial charge on any atom is 0.0834 e. The van der Waals surface area contributed by atoms with Gasteiger partial charge in [0, 0.05) is 6.54 Å². The highest BCUT2D eigenvalue weighted by molar-refractivity contribution is 6.31. The highest BCUT2D eigenvalue weighted by atomic mass is 35.5. The van der Waals surface area contributed by atoms with Gasteiger partial charge in [0.05, 0.1) is 23.0 Å². The lowest BCUT2D eigenvalue weighted by Crippen LogP contribution is -2.22. The molecule has 1 heterocycles. The van der Waals surface area contributed by atoms with Crippen LogP contribution >= 0.6 is 11.6 Å². The second kappa shape index (κ2) is 6.26. The number of rotatable bonds is 6. The topological polar surface area (TPSA) is 29.9 Å². The molecule has 16 heavy (non-hydrogen) atoms. The van der Waals surface area contributed by atoms with Gasteiger partial charge in [0.15, 0.2) is 0 Å². The van der Waals surface area contributed by atoms with Crippen molar-refractivity contribution >= 4 is 11.6 Å². The van der Waals surface area contributed by atoms with Gasteiger partial charge in [-0.1, -0.05) is 32.4 Å². The van der Waals surface area contributed by atoms with Crippen LogP contribution in [0.15, 0.2) is 6.20 Å².